The summed E-state index contributed by atoms with van der Waals surface area (Å²) in [5.41, 5.74) is 0. The number of piperidine rings is 1. The third-order valence-electron chi connectivity index (χ3n) is 4.19. The molecule has 2 fully saturated rings. The van der Waals surface area contributed by atoms with Crippen LogP contribution in [0.15, 0.2) is 0 Å². The van der Waals surface area contributed by atoms with Crippen LogP contribution in [-0.2, 0) is 4.79 Å². The van der Waals surface area contributed by atoms with Crippen LogP contribution in [0.2, 0.25) is 0 Å². The van der Waals surface area contributed by atoms with Gasteiger partial charge in [-0.1, -0.05) is 0 Å². The van der Waals surface area contributed by atoms with Crippen molar-refractivity contribution in [3.05, 3.63) is 0 Å². The zero-order valence-corrected chi connectivity index (χ0v) is 13.2. The molecule has 3 N–H and O–H groups in total. The van der Waals surface area contributed by atoms with E-state index >= 15 is 0 Å². The lowest BCUT2D eigenvalue weighted by atomic mass is 9.97. The Balaban J connectivity index is 1.74. The van der Waals surface area contributed by atoms with Gasteiger partial charge >= 0.3 is 6.03 Å². The van der Waals surface area contributed by atoms with Crippen molar-refractivity contribution in [1.82, 2.24) is 20.9 Å². The molecule has 0 spiro atoms. The molecule has 0 aromatic rings. The highest BCUT2D eigenvalue weighted by atomic mass is 16.2. The Bertz CT molecular complexity index is 363. The molecule has 21 heavy (non-hydrogen) atoms. The largest absolute Gasteiger partial charge is 0.335 e. The average Bonchev–Trinajstić information content (AvgIpc) is 3.22. The Kier molecular flexibility index (Phi) is 5.99. The maximum atomic E-state index is 12.0. The van der Waals surface area contributed by atoms with E-state index in [2.05, 4.69) is 34.7 Å². The van der Waals surface area contributed by atoms with Gasteiger partial charge in [0.1, 0.15) is 0 Å². The molecule has 6 heteroatoms. The van der Waals surface area contributed by atoms with Crippen LogP contribution in [0.4, 0.5) is 4.79 Å². The predicted octanol–water partition coefficient (Wildman–Crippen LogP) is 0.685. The van der Waals surface area contributed by atoms with Crippen LogP contribution in [0.25, 0.3) is 0 Å². The minimum atomic E-state index is -0.354. The second-order valence-corrected chi connectivity index (χ2v) is 6.51. The molecule has 1 aliphatic heterocycles. The number of rotatable bonds is 6. The molecule has 3 amide bonds. The Morgan fingerprint density at radius 3 is 2.43 bits per heavy atom. The Hall–Kier alpha value is -1.14. The SMILES string of the molecule is CC(C)N(CC(=O)NC(=O)NC1CC1)CC1CCNCC1. The van der Waals surface area contributed by atoms with Crippen molar-refractivity contribution < 1.29 is 9.59 Å². The summed E-state index contributed by atoms with van der Waals surface area (Å²) < 4.78 is 0. The van der Waals surface area contributed by atoms with Crippen molar-refractivity contribution in [1.29, 1.82) is 0 Å². The molecule has 1 aliphatic carbocycles. The van der Waals surface area contributed by atoms with Gasteiger partial charge in [-0.25, -0.2) is 4.79 Å². The first kappa shape index (κ1) is 16.2. The summed E-state index contributed by atoms with van der Waals surface area (Å²) in [5, 5.41) is 8.56. The van der Waals surface area contributed by atoms with Gasteiger partial charge in [-0.3, -0.25) is 15.0 Å². The number of urea groups is 1. The van der Waals surface area contributed by atoms with Crippen LogP contribution in [0.1, 0.15) is 39.5 Å². The van der Waals surface area contributed by atoms with Crippen LogP contribution >= 0.6 is 0 Å². The van der Waals surface area contributed by atoms with Gasteiger partial charge in [0.15, 0.2) is 0 Å². The summed E-state index contributed by atoms with van der Waals surface area (Å²) in [7, 11) is 0. The highest BCUT2D eigenvalue weighted by molar-refractivity contribution is 5.95. The van der Waals surface area contributed by atoms with Crippen LogP contribution in [0.3, 0.4) is 0 Å². The summed E-state index contributed by atoms with van der Waals surface area (Å²) in [6.07, 6.45) is 4.37. The fourth-order valence-corrected chi connectivity index (χ4v) is 2.65. The summed E-state index contributed by atoms with van der Waals surface area (Å²) in [5.74, 6) is 0.428. The summed E-state index contributed by atoms with van der Waals surface area (Å²) >= 11 is 0. The lowest BCUT2D eigenvalue weighted by molar-refractivity contribution is -0.121. The van der Waals surface area contributed by atoms with E-state index in [-0.39, 0.29) is 18.0 Å². The van der Waals surface area contributed by atoms with E-state index in [1.54, 1.807) is 0 Å². The fraction of sp³-hybridized carbons (Fsp3) is 0.867. The second-order valence-electron chi connectivity index (χ2n) is 6.51. The van der Waals surface area contributed by atoms with Gasteiger partial charge in [0, 0.05) is 18.6 Å². The number of amides is 3. The van der Waals surface area contributed by atoms with E-state index < -0.39 is 0 Å². The molecule has 6 nitrogen and oxygen atoms in total. The Morgan fingerprint density at radius 1 is 1.19 bits per heavy atom. The summed E-state index contributed by atoms with van der Waals surface area (Å²) in [6.45, 7) is 7.53. The Morgan fingerprint density at radius 2 is 1.86 bits per heavy atom. The molecule has 2 aliphatic rings. The highest BCUT2D eigenvalue weighted by Gasteiger charge is 2.25. The topological polar surface area (TPSA) is 73.5 Å². The van der Waals surface area contributed by atoms with E-state index in [9.17, 15) is 9.59 Å². The van der Waals surface area contributed by atoms with E-state index in [0.717, 1.165) is 45.3 Å². The molecule has 120 valence electrons. The molecule has 0 atom stereocenters. The number of nitrogens with one attached hydrogen (secondary N) is 3. The van der Waals surface area contributed by atoms with Crippen molar-refractivity contribution in [2.75, 3.05) is 26.2 Å². The zero-order chi connectivity index (χ0) is 15.2. The van der Waals surface area contributed by atoms with Gasteiger partial charge in [-0.2, -0.15) is 0 Å². The lowest BCUT2D eigenvalue weighted by Crippen LogP contribution is -2.48. The lowest BCUT2D eigenvalue weighted by Gasteiger charge is -2.32. The van der Waals surface area contributed by atoms with Gasteiger partial charge in [-0.05, 0) is 58.5 Å². The number of carbonyl (C=O) groups is 2. The van der Waals surface area contributed by atoms with Crippen LogP contribution < -0.4 is 16.0 Å². The molecular formula is C15H28N4O2. The van der Waals surface area contributed by atoms with Gasteiger partial charge in [0.05, 0.1) is 6.54 Å². The quantitative estimate of drug-likeness (QED) is 0.674. The van der Waals surface area contributed by atoms with Crippen LogP contribution in [0, 0.1) is 5.92 Å². The minimum Gasteiger partial charge on any atom is -0.335 e. The van der Waals surface area contributed by atoms with E-state index in [4.69, 9.17) is 0 Å². The first-order valence-corrected chi connectivity index (χ1v) is 8.09. The Labute approximate surface area is 127 Å². The fourth-order valence-electron chi connectivity index (χ4n) is 2.65. The van der Waals surface area contributed by atoms with E-state index in [0.29, 0.717) is 18.5 Å². The normalized spacial score (nSPS) is 19.8. The van der Waals surface area contributed by atoms with E-state index in [1.807, 2.05) is 0 Å². The van der Waals surface area contributed by atoms with Crippen LogP contribution in [0.5, 0.6) is 0 Å². The highest BCUT2D eigenvalue weighted by Crippen LogP contribution is 2.18. The monoisotopic (exact) mass is 296 g/mol. The average molecular weight is 296 g/mol. The summed E-state index contributed by atoms with van der Waals surface area (Å²) in [4.78, 5) is 25.7. The van der Waals surface area contributed by atoms with Crippen molar-refractivity contribution in [3.8, 4) is 0 Å². The molecule has 0 radical (unpaired) electrons. The number of nitrogens with zero attached hydrogens (tertiary/aromatic N) is 1. The standard InChI is InChI=1S/C15H28N4O2/c1-11(2)19(9-12-5-7-16-8-6-12)10-14(20)18-15(21)17-13-3-4-13/h11-13,16H,3-10H2,1-2H3,(H2,17,18,20,21). The molecule has 2 rings (SSSR count). The van der Waals surface area contributed by atoms with Crippen molar-refractivity contribution >= 4 is 11.9 Å². The second kappa shape index (κ2) is 7.75. The number of hydrogen-bond donors (Lipinski definition) is 3. The minimum absolute atomic E-state index is 0.212. The number of imide groups is 1. The van der Waals surface area contributed by atoms with Gasteiger partial charge in [0.25, 0.3) is 0 Å². The molecule has 0 aromatic heterocycles. The third-order valence-corrected chi connectivity index (χ3v) is 4.19. The van der Waals surface area contributed by atoms with Gasteiger partial charge in [0.2, 0.25) is 5.91 Å². The molecule has 0 bridgehead atoms. The van der Waals surface area contributed by atoms with Crippen LogP contribution in [-0.4, -0.2) is 55.1 Å². The molecule has 0 unspecified atom stereocenters. The first-order chi connectivity index (χ1) is 10.0. The first-order valence-electron chi connectivity index (χ1n) is 8.09. The zero-order valence-electron chi connectivity index (χ0n) is 13.2. The molecule has 1 heterocycles. The van der Waals surface area contributed by atoms with Gasteiger partial charge < -0.3 is 10.6 Å². The van der Waals surface area contributed by atoms with Crippen molar-refractivity contribution in [3.63, 3.8) is 0 Å². The molecule has 0 aromatic carbocycles. The smallest absolute Gasteiger partial charge is 0.321 e. The molecular weight excluding hydrogens is 268 g/mol. The van der Waals surface area contributed by atoms with Crippen molar-refractivity contribution in [2.24, 2.45) is 5.92 Å². The number of carbonyl (C=O) groups excluding carboxylic acids is 2. The summed E-state index contributed by atoms with van der Waals surface area (Å²) in [6, 6.07) is 0.221. The number of hydrogen-bond acceptors (Lipinski definition) is 4. The maximum absolute atomic E-state index is 12.0. The van der Waals surface area contributed by atoms with E-state index in [1.165, 1.54) is 0 Å². The maximum Gasteiger partial charge on any atom is 0.321 e. The van der Waals surface area contributed by atoms with Gasteiger partial charge in [-0.15, -0.1) is 0 Å². The molecule has 1 saturated heterocycles. The third kappa shape index (κ3) is 6.01. The predicted molar refractivity (Wildman–Crippen MR) is 82.0 cm³/mol. The van der Waals surface area contributed by atoms with Crippen molar-refractivity contribution in [2.45, 2.75) is 51.6 Å². The molecule has 1 saturated carbocycles.